The summed E-state index contributed by atoms with van der Waals surface area (Å²) in [5.41, 5.74) is 0.985. The lowest BCUT2D eigenvalue weighted by Gasteiger charge is -2.32. The van der Waals surface area contributed by atoms with E-state index in [0.29, 0.717) is 18.9 Å². The molecule has 0 bridgehead atoms. The fraction of sp³-hybridized carbons (Fsp3) is 0.550. The maximum atomic E-state index is 13.0. The Morgan fingerprint density at radius 1 is 1.33 bits per heavy atom. The van der Waals surface area contributed by atoms with Crippen molar-refractivity contribution in [2.45, 2.75) is 46.1 Å². The van der Waals surface area contributed by atoms with E-state index in [1.54, 1.807) is 12.1 Å². The molecule has 1 aliphatic rings. The van der Waals surface area contributed by atoms with Gasteiger partial charge in [0.2, 0.25) is 11.0 Å². The summed E-state index contributed by atoms with van der Waals surface area (Å²) in [6, 6.07) is 6.60. The summed E-state index contributed by atoms with van der Waals surface area (Å²) in [5.74, 6) is 1.05. The molecule has 3 rings (SSSR count). The molecule has 146 valence electrons. The van der Waals surface area contributed by atoms with Crippen molar-refractivity contribution in [2.24, 2.45) is 11.8 Å². The Morgan fingerprint density at radius 3 is 2.78 bits per heavy atom. The van der Waals surface area contributed by atoms with Gasteiger partial charge in [0, 0.05) is 37.1 Å². The van der Waals surface area contributed by atoms with Crippen molar-refractivity contribution in [2.75, 3.05) is 18.0 Å². The molecule has 1 N–H and O–H groups in total. The van der Waals surface area contributed by atoms with Gasteiger partial charge in [0.05, 0.1) is 5.92 Å². The van der Waals surface area contributed by atoms with Crippen LogP contribution < -0.4 is 10.2 Å². The maximum Gasteiger partial charge on any atom is 0.225 e. The molecule has 0 saturated carbocycles. The summed E-state index contributed by atoms with van der Waals surface area (Å²) in [6.07, 6.45) is 2.47. The Morgan fingerprint density at radius 2 is 2.07 bits per heavy atom. The number of aromatic nitrogens is 2. The average Bonchev–Trinajstić information content (AvgIpc) is 3.12. The largest absolute Gasteiger partial charge is 0.353 e. The van der Waals surface area contributed by atoms with Gasteiger partial charge in [-0.25, -0.2) is 9.37 Å². The summed E-state index contributed by atoms with van der Waals surface area (Å²) >= 11 is 1.37. The smallest absolute Gasteiger partial charge is 0.225 e. The molecule has 2 aromatic rings. The van der Waals surface area contributed by atoms with Crippen LogP contribution in [0.2, 0.25) is 0 Å². The second kappa shape index (κ2) is 8.78. The van der Waals surface area contributed by atoms with Gasteiger partial charge >= 0.3 is 0 Å². The van der Waals surface area contributed by atoms with E-state index >= 15 is 0 Å². The highest BCUT2D eigenvalue weighted by Gasteiger charge is 2.28. The van der Waals surface area contributed by atoms with Gasteiger partial charge < -0.3 is 10.2 Å². The first-order chi connectivity index (χ1) is 12.9. The topological polar surface area (TPSA) is 58.1 Å². The van der Waals surface area contributed by atoms with Crippen LogP contribution in [0.15, 0.2) is 24.3 Å². The molecule has 1 fully saturated rings. The maximum absolute atomic E-state index is 13.0. The number of benzene rings is 1. The first-order valence-electron chi connectivity index (χ1n) is 9.54. The molecule has 1 saturated heterocycles. The number of carbonyl (C=O) groups excluding carboxylic acids is 1. The number of nitrogens with zero attached hydrogens (tertiary/aromatic N) is 3. The number of rotatable bonds is 6. The molecule has 7 heteroatoms. The lowest BCUT2D eigenvalue weighted by molar-refractivity contribution is -0.126. The number of hydrogen-bond donors (Lipinski definition) is 1. The summed E-state index contributed by atoms with van der Waals surface area (Å²) < 4.78 is 17.5. The molecule has 0 aliphatic carbocycles. The third-order valence-electron chi connectivity index (χ3n) is 5.17. The van der Waals surface area contributed by atoms with Crippen LogP contribution in [0.1, 0.15) is 45.0 Å². The number of nitrogens with one attached hydrogen (secondary N) is 1. The van der Waals surface area contributed by atoms with Gasteiger partial charge in [0.1, 0.15) is 11.6 Å². The second-order valence-corrected chi connectivity index (χ2v) is 8.35. The van der Waals surface area contributed by atoms with Crippen LogP contribution in [0.4, 0.5) is 9.52 Å². The zero-order valence-electron chi connectivity index (χ0n) is 16.1. The SMILES string of the molecule is CC(C)[C@H](C)NC(=O)[C@@H]1CCCN(c2nc(Cc3ccc(F)cc3)ns2)C1. The Balaban J connectivity index is 1.60. The van der Waals surface area contributed by atoms with Gasteiger partial charge in [-0.1, -0.05) is 26.0 Å². The minimum Gasteiger partial charge on any atom is -0.353 e. The number of halogens is 1. The van der Waals surface area contributed by atoms with E-state index in [9.17, 15) is 9.18 Å². The van der Waals surface area contributed by atoms with E-state index in [-0.39, 0.29) is 23.7 Å². The van der Waals surface area contributed by atoms with Gasteiger partial charge in [-0.05, 0) is 43.4 Å². The number of anilines is 1. The summed E-state index contributed by atoms with van der Waals surface area (Å²) in [7, 11) is 0. The van der Waals surface area contributed by atoms with Crippen molar-refractivity contribution in [3.63, 3.8) is 0 Å². The minimum atomic E-state index is -0.241. The number of hydrogen-bond acceptors (Lipinski definition) is 5. The van der Waals surface area contributed by atoms with Gasteiger partial charge in [-0.15, -0.1) is 0 Å². The van der Waals surface area contributed by atoms with Crippen LogP contribution in [0.3, 0.4) is 0 Å². The van der Waals surface area contributed by atoms with Crippen LogP contribution >= 0.6 is 11.5 Å². The standard InChI is InChI=1S/C20H27FN4OS/c1-13(2)14(3)22-19(26)16-5-4-10-25(12-16)20-23-18(24-27-20)11-15-6-8-17(21)9-7-15/h6-9,13-14,16H,4-5,10-12H2,1-3H3,(H,22,26)/t14-,16+/m0/s1. The van der Waals surface area contributed by atoms with E-state index in [1.165, 1.54) is 23.7 Å². The number of piperidine rings is 1. The number of carbonyl (C=O) groups is 1. The third-order valence-corrected chi connectivity index (χ3v) is 5.98. The van der Waals surface area contributed by atoms with Crippen LogP contribution in [0, 0.1) is 17.7 Å². The Labute approximate surface area is 164 Å². The van der Waals surface area contributed by atoms with Crippen molar-refractivity contribution >= 4 is 22.6 Å². The predicted molar refractivity (Wildman–Crippen MR) is 106 cm³/mol. The lowest BCUT2D eigenvalue weighted by atomic mass is 9.96. The Hall–Kier alpha value is -2.02. The molecule has 0 unspecified atom stereocenters. The molecular formula is C20H27FN4OS. The molecule has 1 aromatic carbocycles. The quantitative estimate of drug-likeness (QED) is 0.818. The van der Waals surface area contributed by atoms with Crippen LogP contribution in [-0.2, 0) is 11.2 Å². The molecule has 2 heterocycles. The summed E-state index contributed by atoms with van der Waals surface area (Å²) in [4.78, 5) is 19.4. The lowest BCUT2D eigenvalue weighted by Crippen LogP contribution is -2.46. The first kappa shape index (κ1) is 19.7. The highest BCUT2D eigenvalue weighted by atomic mass is 32.1. The van der Waals surface area contributed by atoms with E-state index in [1.807, 2.05) is 0 Å². The highest BCUT2D eigenvalue weighted by Crippen LogP contribution is 2.25. The zero-order chi connectivity index (χ0) is 19.4. The minimum absolute atomic E-state index is 0.00982. The number of amides is 1. The van der Waals surface area contributed by atoms with Crippen molar-refractivity contribution < 1.29 is 9.18 Å². The van der Waals surface area contributed by atoms with E-state index in [2.05, 4.69) is 40.3 Å². The summed E-state index contributed by atoms with van der Waals surface area (Å²) in [5, 5.41) is 4.00. The molecule has 1 aromatic heterocycles. The molecule has 1 aliphatic heterocycles. The first-order valence-corrected chi connectivity index (χ1v) is 10.3. The molecular weight excluding hydrogens is 363 g/mol. The van der Waals surface area contributed by atoms with E-state index in [4.69, 9.17) is 0 Å². The van der Waals surface area contributed by atoms with E-state index in [0.717, 1.165) is 35.9 Å². The highest BCUT2D eigenvalue weighted by molar-refractivity contribution is 7.09. The van der Waals surface area contributed by atoms with E-state index < -0.39 is 0 Å². The molecule has 2 atom stereocenters. The Bertz CT molecular complexity index is 762. The van der Waals surface area contributed by atoms with Gasteiger partial charge in [0.25, 0.3) is 0 Å². The second-order valence-electron chi connectivity index (χ2n) is 7.62. The normalized spacial score (nSPS) is 18.6. The fourth-order valence-electron chi connectivity index (χ4n) is 3.10. The van der Waals surface area contributed by atoms with Crippen molar-refractivity contribution in [1.82, 2.24) is 14.7 Å². The van der Waals surface area contributed by atoms with Crippen molar-refractivity contribution in [3.8, 4) is 0 Å². The van der Waals surface area contributed by atoms with Crippen molar-refractivity contribution in [3.05, 3.63) is 41.5 Å². The average molecular weight is 391 g/mol. The van der Waals surface area contributed by atoms with Gasteiger partial charge in [-0.2, -0.15) is 4.37 Å². The molecule has 0 spiro atoms. The molecule has 0 radical (unpaired) electrons. The molecule has 5 nitrogen and oxygen atoms in total. The molecule has 1 amide bonds. The fourth-order valence-corrected chi connectivity index (χ4v) is 3.82. The van der Waals surface area contributed by atoms with Crippen LogP contribution in [0.5, 0.6) is 0 Å². The van der Waals surface area contributed by atoms with Crippen LogP contribution in [-0.4, -0.2) is 34.4 Å². The van der Waals surface area contributed by atoms with Crippen molar-refractivity contribution in [1.29, 1.82) is 0 Å². The van der Waals surface area contributed by atoms with Gasteiger partial charge in [0.15, 0.2) is 0 Å². The predicted octanol–water partition coefficient (Wildman–Crippen LogP) is 3.65. The zero-order valence-corrected chi connectivity index (χ0v) is 16.9. The Kier molecular flexibility index (Phi) is 6.42. The molecule has 27 heavy (non-hydrogen) atoms. The monoisotopic (exact) mass is 390 g/mol. The van der Waals surface area contributed by atoms with Crippen LogP contribution in [0.25, 0.3) is 0 Å². The third kappa shape index (κ3) is 5.25. The summed E-state index contributed by atoms with van der Waals surface area (Å²) in [6.45, 7) is 7.86. The van der Waals surface area contributed by atoms with Gasteiger partial charge in [-0.3, -0.25) is 4.79 Å².